The lowest BCUT2D eigenvalue weighted by Crippen LogP contribution is -2.48. The van der Waals surface area contributed by atoms with Crippen LogP contribution >= 0.6 is 0 Å². The van der Waals surface area contributed by atoms with Crippen LogP contribution in [0.5, 0.6) is 28.7 Å². The van der Waals surface area contributed by atoms with E-state index in [9.17, 15) is 9.59 Å². The number of rotatable bonds is 7. The Morgan fingerprint density at radius 1 is 0.914 bits per heavy atom. The molecule has 35 heavy (non-hydrogen) atoms. The molecule has 0 spiro atoms. The number of methoxy groups -OCH3 is 4. The van der Waals surface area contributed by atoms with E-state index in [-0.39, 0.29) is 11.7 Å². The van der Waals surface area contributed by atoms with E-state index in [2.05, 4.69) is 6.58 Å². The van der Waals surface area contributed by atoms with Crippen molar-refractivity contribution in [3.8, 4) is 28.7 Å². The Morgan fingerprint density at radius 2 is 1.54 bits per heavy atom. The van der Waals surface area contributed by atoms with E-state index in [0.717, 1.165) is 0 Å². The molecule has 0 bridgehead atoms. The van der Waals surface area contributed by atoms with E-state index in [4.69, 9.17) is 28.4 Å². The van der Waals surface area contributed by atoms with E-state index in [1.54, 1.807) is 40.1 Å². The highest BCUT2D eigenvalue weighted by Gasteiger charge is 2.43. The smallest absolute Gasteiger partial charge is 0.415 e. The fourth-order valence-corrected chi connectivity index (χ4v) is 4.15. The van der Waals surface area contributed by atoms with Crippen molar-refractivity contribution in [1.82, 2.24) is 4.90 Å². The minimum Gasteiger partial charge on any atom is -0.493 e. The van der Waals surface area contributed by atoms with Gasteiger partial charge in [0.25, 0.3) is 5.91 Å². The molecule has 2 aromatic carbocycles. The van der Waals surface area contributed by atoms with Gasteiger partial charge in [0.1, 0.15) is 0 Å². The van der Waals surface area contributed by atoms with Crippen LogP contribution in [0, 0.1) is 0 Å². The third kappa shape index (κ3) is 4.44. The number of nitrogens with zero attached hydrogens (tertiary/aromatic N) is 2. The second kappa shape index (κ2) is 10.1. The Labute approximate surface area is 203 Å². The van der Waals surface area contributed by atoms with Crippen molar-refractivity contribution in [3.05, 3.63) is 48.0 Å². The Kier molecular flexibility index (Phi) is 7.02. The van der Waals surface area contributed by atoms with Gasteiger partial charge in [-0.3, -0.25) is 9.69 Å². The average molecular weight is 485 g/mol. The molecule has 2 fully saturated rings. The summed E-state index contributed by atoms with van der Waals surface area (Å²) in [6, 6.07) is 8.09. The van der Waals surface area contributed by atoms with E-state index in [1.165, 1.54) is 28.4 Å². The molecule has 0 aromatic heterocycles. The molecule has 1 atom stereocenters. The van der Waals surface area contributed by atoms with Crippen LogP contribution in [-0.2, 0) is 9.53 Å². The normalized spacial score (nSPS) is 17.5. The van der Waals surface area contributed by atoms with E-state index < -0.39 is 12.1 Å². The van der Waals surface area contributed by atoms with Gasteiger partial charge in [-0.25, -0.2) is 4.79 Å². The van der Waals surface area contributed by atoms with Crippen molar-refractivity contribution in [2.75, 3.05) is 59.6 Å². The van der Waals surface area contributed by atoms with Gasteiger partial charge in [-0.2, -0.15) is 0 Å². The summed E-state index contributed by atoms with van der Waals surface area (Å²) >= 11 is 0. The molecule has 4 rings (SSSR count). The Hall–Kier alpha value is -3.92. The number of ether oxygens (including phenoxy) is 6. The van der Waals surface area contributed by atoms with Gasteiger partial charge in [0.2, 0.25) is 5.75 Å². The molecule has 2 aliphatic rings. The molecule has 0 N–H and O–H groups in total. The maximum Gasteiger partial charge on any atom is 0.415 e. The van der Waals surface area contributed by atoms with Gasteiger partial charge in [-0.15, -0.1) is 0 Å². The van der Waals surface area contributed by atoms with Crippen molar-refractivity contribution >= 4 is 17.7 Å². The maximum absolute atomic E-state index is 12.9. The van der Waals surface area contributed by atoms with Crippen LogP contribution in [0.1, 0.15) is 11.6 Å². The van der Waals surface area contributed by atoms with Gasteiger partial charge in [-0.05, 0) is 17.7 Å². The summed E-state index contributed by atoms with van der Waals surface area (Å²) in [5, 5.41) is 0. The number of carbonyl (C=O) groups is 2. The lowest BCUT2D eigenvalue weighted by molar-refractivity contribution is -0.119. The molecule has 186 valence electrons. The molecule has 2 saturated heterocycles. The van der Waals surface area contributed by atoms with Crippen LogP contribution in [0.2, 0.25) is 0 Å². The first-order valence-corrected chi connectivity index (χ1v) is 11.0. The first-order valence-electron chi connectivity index (χ1n) is 11.0. The molecular weight excluding hydrogens is 456 g/mol. The lowest BCUT2D eigenvalue weighted by Gasteiger charge is -2.42. The lowest BCUT2D eigenvalue weighted by atomic mass is 9.88. The van der Waals surface area contributed by atoms with Crippen LogP contribution < -0.4 is 28.6 Å². The molecule has 0 aliphatic carbocycles. The zero-order valence-electron chi connectivity index (χ0n) is 20.2. The quantitative estimate of drug-likeness (QED) is 0.437. The summed E-state index contributed by atoms with van der Waals surface area (Å²) < 4.78 is 32.6. The molecule has 1 unspecified atom stereocenters. The number of carbonyl (C=O) groups excluding carboxylic acids is 2. The van der Waals surface area contributed by atoms with E-state index >= 15 is 0 Å². The van der Waals surface area contributed by atoms with E-state index in [1.807, 2.05) is 0 Å². The fourth-order valence-electron chi connectivity index (χ4n) is 4.15. The molecule has 0 saturated carbocycles. The third-order valence-corrected chi connectivity index (χ3v) is 5.98. The maximum atomic E-state index is 12.9. The van der Waals surface area contributed by atoms with Crippen LogP contribution in [0.4, 0.5) is 10.5 Å². The minimum atomic E-state index is -0.492. The van der Waals surface area contributed by atoms with Crippen LogP contribution in [0.3, 0.4) is 0 Å². The monoisotopic (exact) mass is 484 g/mol. The molecule has 10 nitrogen and oxygen atoms in total. The molecule has 0 radical (unpaired) electrons. The number of benzene rings is 2. The summed E-state index contributed by atoms with van der Waals surface area (Å²) in [6.07, 6.45) is -0.492. The van der Waals surface area contributed by atoms with Gasteiger partial charge in [0, 0.05) is 30.8 Å². The number of anilines is 1. The molecule has 10 heteroatoms. The number of β-lactam (4-membered cyclic amide) rings is 1. The SMILES string of the molecule is C=C1C(=O)N(c2cc(OC)c(OC)c(OC)c2)C1c1ccc(OC)c(OC(=O)N2CCOCC2)c1. The second-order valence-electron chi connectivity index (χ2n) is 7.86. The Balaban J connectivity index is 1.67. The molecule has 2 aliphatic heterocycles. The van der Waals surface area contributed by atoms with E-state index in [0.29, 0.717) is 66.1 Å². The zero-order valence-corrected chi connectivity index (χ0v) is 20.2. The predicted octanol–water partition coefficient (Wildman–Crippen LogP) is 3.20. The predicted molar refractivity (Wildman–Crippen MR) is 127 cm³/mol. The first kappa shape index (κ1) is 24.2. The van der Waals surface area contributed by atoms with Crippen LogP contribution in [-0.4, -0.2) is 71.6 Å². The molecular formula is C25H28N2O8. The average Bonchev–Trinajstić information content (AvgIpc) is 2.90. The summed E-state index contributed by atoms with van der Waals surface area (Å²) in [5.41, 5.74) is 1.65. The highest BCUT2D eigenvalue weighted by molar-refractivity contribution is 6.15. The summed E-state index contributed by atoms with van der Waals surface area (Å²) in [6.45, 7) is 5.77. The Bertz CT molecular complexity index is 1120. The van der Waals surface area contributed by atoms with Crippen molar-refractivity contribution < 1.29 is 38.0 Å². The van der Waals surface area contributed by atoms with Gasteiger partial charge >= 0.3 is 6.09 Å². The van der Waals surface area contributed by atoms with Crippen molar-refractivity contribution in [1.29, 1.82) is 0 Å². The molecule has 2 amide bonds. The van der Waals surface area contributed by atoms with Crippen molar-refractivity contribution in [3.63, 3.8) is 0 Å². The van der Waals surface area contributed by atoms with Crippen molar-refractivity contribution in [2.45, 2.75) is 6.04 Å². The Morgan fingerprint density at radius 3 is 2.11 bits per heavy atom. The molecule has 2 heterocycles. The summed E-state index contributed by atoms with van der Waals surface area (Å²) in [7, 11) is 6.02. The number of amides is 2. The summed E-state index contributed by atoms with van der Waals surface area (Å²) in [5.74, 6) is 1.65. The number of hydrogen-bond acceptors (Lipinski definition) is 8. The number of morpholine rings is 1. The zero-order chi connectivity index (χ0) is 25.1. The van der Waals surface area contributed by atoms with Gasteiger partial charge < -0.3 is 33.3 Å². The first-order chi connectivity index (χ1) is 16.9. The van der Waals surface area contributed by atoms with Crippen LogP contribution in [0.25, 0.3) is 0 Å². The third-order valence-electron chi connectivity index (χ3n) is 5.98. The summed E-state index contributed by atoms with van der Waals surface area (Å²) in [4.78, 5) is 28.7. The number of hydrogen-bond donors (Lipinski definition) is 0. The van der Waals surface area contributed by atoms with Crippen molar-refractivity contribution in [2.24, 2.45) is 0 Å². The highest BCUT2D eigenvalue weighted by atomic mass is 16.6. The molecule has 2 aromatic rings. The second-order valence-corrected chi connectivity index (χ2v) is 7.86. The van der Waals surface area contributed by atoms with Gasteiger partial charge in [0.05, 0.1) is 53.4 Å². The highest BCUT2D eigenvalue weighted by Crippen LogP contribution is 2.48. The van der Waals surface area contributed by atoms with Gasteiger partial charge in [-0.1, -0.05) is 12.6 Å². The van der Waals surface area contributed by atoms with Crippen LogP contribution in [0.15, 0.2) is 42.5 Å². The standard InChI is InChI=1S/C25H28N2O8/c1-15-22(27(24(15)28)17-13-20(31-3)23(33-5)21(14-17)32-4)16-6-7-18(30-2)19(12-16)35-25(29)26-8-10-34-11-9-26/h6-7,12-14,22H,1,8-11H2,2-5H3. The topological polar surface area (TPSA) is 96.0 Å². The minimum absolute atomic E-state index is 0.244. The fraction of sp³-hybridized carbons (Fsp3) is 0.360. The largest absolute Gasteiger partial charge is 0.493 e. The van der Waals surface area contributed by atoms with Gasteiger partial charge in [0.15, 0.2) is 23.0 Å².